The number of phenols is 1. The molecule has 0 unspecified atom stereocenters. The highest BCUT2D eigenvalue weighted by atomic mass is 16.3. The number of aryl methyl sites for hydroxylation is 2. The van der Waals surface area contributed by atoms with E-state index in [0.717, 1.165) is 12.0 Å². The quantitative estimate of drug-likeness (QED) is 0.812. The Kier molecular flexibility index (Phi) is 2.34. The maximum Gasteiger partial charge on any atom is 0.284 e. The molecule has 3 N–H and O–H groups in total. The van der Waals surface area contributed by atoms with Gasteiger partial charge in [-0.05, 0) is 25.0 Å². The second-order valence-electron chi connectivity index (χ2n) is 3.72. The van der Waals surface area contributed by atoms with Crippen molar-refractivity contribution in [2.45, 2.75) is 20.3 Å². The number of carbonyl (C=O) groups excluding carboxylic acids is 1. The number of amides is 1. The first-order valence-electron chi connectivity index (χ1n) is 5.10. The highest BCUT2D eigenvalue weighted by Gasteiger charge is 2.18. The summed E-state index contributed by atoms with van der Waals surface area (Å²) in [6, 6.07) is 3.53. The fraction of sp³-hybridized carbons (Fsp3) is 0.250. The topological polar surface area (TPSA) is 76.5 Å². The van der Waals surface area contributed by atoms with E-state index in [9.17, 15) is 9.90 Å². The highest BCUT2D eigenvalue weighted by Crippen LogP contribution is 2.35. The van der Waals surface area contributed by atoms with Crippen molar-refractivity contribution in [1.82, 2.24) is 0 Å². The van der Waals surface area contributed by atoms with E-state index in [2.05, 4.69) is 0 Å². The summed E-state index contributed by atoms with van der Waals surface area (Å²) in [7, 11) is 0. The summed E-state index contributed by atoms with van der Waals surface area (Å²) in [5.41, 5.74) is 7.09. The zero-order valence-corrected chi connectivity index (χ0v) is 9.20. The molecule has 0 aliphatic rings. The lowest BCUT2D eigenvalue weighted by Crippen LogP contribution is -2.10. The Hall–Kier alpha value is -1.97. The molecular formula is C12H13NO3. The largest absolute Gasteiger partial charge is 0.507 e. The van der Waals surface area contributed by atoms with Gasteiger partial charge in [-0.1, -0.05) is 13.0 Å². The molecule has 0 saturated heterocycles. The van der Waals surface area contributed by atoms with Crippen LogP contribution in [0.15, 0.2) is 16.5 Å². The average molecular weight is 219 g/mol. The smallest absolute Gasteiger partial charge is 0.284 e. The zero-order chi connectivity index (χ0) is 11.9. The van der Waals surface area contributed by atoms with Gasteiger partial charge in [-0.3, -0.25) is 4.79 Å². The second-order valence-corrected chi connectivity index (χ2v) is 3.72. The monoisotopic (exact) mass is 219 g/mol. The molecule has 0 spiro atoms. The molecule has 2 rings (SSSR count). The number of primary amides is 1. The molecule has 0 aliphatic carbocycles. The minimum absolute atomic E-state index is 0.110. The van der Waals surface area contributed by atoms with E-state index < -0.39 is 5.91 Å². The lowest BCUT2D eigenvalue weighted by molar-refractivity contribution is 0.0975. The maximum absolute atomic E-state index is 11.1. The molecule has 0 bridgehead atoms. The molecule has 84 valence electrons. The van der Waals surface area contributed by atoms with Gasteiger partial charge < -0.3 is 15.3 Å². The lowest BCUT2D eigenvalue weighted by Gasteiger charge is -2.02. The van der Waals surface area contributed by atoms with Crippen LogP contribution in [0.3, 0.4) is 0 Å². The lowest BCUT2D eigenvalue weighted by atomic mass is 10.1. The Morgan fingerprint density at radius 2 is 2.19 bits per heavy atom. The third-order valence-corrected chi connectivity index (χ3v) is 2.76. The first kappa shape index (κ1) is 10.5. The van der Waals surface area contributed by atoms with Crippen LogP contribution in [0.1, 0.15) is 28.6 Å². The van der Waals surface area contributed by atoms with Crippen molar-refractivity contribution in [3.05, 3.63) is 29.0 Å². The SMILES string of the molecule is CCc1ccc2oc(C(N)=O)c(C)c2c1O. The summed E-state index contributed by atoms with van der Waals surface area (Å²) in [6.45, 7) is 3.66. The number of hydrogen-bond acceptors (Lipinski definition) is 3. The standard InChI is InChI=1S/C12H13NO3/c1-3-7-4-5-8-9(10(7)14)6(2)11(16-8)12(13)15/h4-5,14H,3H2,1-2H3,(H2,13,15). The van der Waals surface area contributed by atoms with E-state index in [1.807, 2.05) is 6.92 Å². The predicted octanol–water partition coefficient (Wildman–Crippen LogP) is 2.11. The molecule has 1 amide bonds. The molecule has 0 atom stereocenters. The average Bonchev–Trinajstić information content (AvgIpc) is 2.57. The van der Waals surface area contributed by atoms with E-state index in [-0.39, 0.29) is 11.5 Å². The van der Waals surface area contributed by atoms with Gasteiger partial charge in [-0.2, -0.15) is 0 Å². The number of aromatic hydroxyl groups is 1. The van der Waals surface area contributed by atoms with Crippen molar-refractivity contribution >= 4 is 16.9 Å². The summed E-state index contributed by atoms with van der Waals surface area (Å²) in [4.78, 5) is 11.1. The number of furan rings is 1. The number of fused-ring (bicyclic) bond motifs is 1. The number of nitrogens with two attached hydrogens (primary N) is 1. The summed E-state index contributed by atoms with van der Waals surface area (Å²) >= 11 is 0. The van der Waals surface area contributed by atoms with Crippen molar-refractivity contribution in [2.24, 2.45) is 5.73 Å². The zero-order valence-electron chi connectivity index (χ0n) is 9.20. The van der Waals surface area contributed by atoms with Crippen LogP contribution in [-0.4, -0.2) is 11.0 Å². The fourth-order valence-corrected chi connectivity index (χ4v) is 1.88. The Labute approximate surface area is 92.7 Å². The van der Waals surface area contributed by atoms with Crippen molar-refractivity contribution in [1.29, 1.82) is 0 Å². The van der Waals surface area contributed by atoms with Gasteiger partial charge in [0.1, 0.15) is 11.3 Å². The molecule has 4 heteroatoms. The van der Waals surface area contributed by atoms with Gasteiger partial charge in [0.25, 0.3) is 5.91 Å². The van der Waals surface area contributed by atoms with Crippen LogP contribution < -0.4 is 5.73 Å². The number of benzene rings is 1. The highest BCUT2D eigenvalue weighted by molar-refractivity contribution is 6.00. The van der Waals surface area contributed by atoms with Crippen molar-refractivity contribution < 1.29 is 14.3 Å². The van der Waals surface area contributed by atoms with Crippen LogP contribution in [0.4, 0.5) is 0 Å². The minimum atomic E-state index is -0.619. The number of rotatable bonds is 2. The van der Waals surface area contributed by atoms with Crippen LogP contribution in [-0.2, 0) is 6.42 Å². The molecule has 4 nitrogen and oxygen atoms in total. The van der Waals surface area contributed by atoms with Crippen LogP contribution >= 0.6 is 0 Å². The Bertz CT molecular complexity index is 569. The molecule has 0 fully saturated rings. The fourth-order valence-electron chi connectivity index (χ4n) is 1.88. The molecule has 1 aromatic heterocycles. The van der Waals surface area contributed by atoms with Gasteiger partial charge in [0, 0.05) is 5.56 Å². The van der Waals surface area contributed by atoms with Gasteiger partial charge in [-0.15, -0.1) is 0 Å². The predicted molar refractivity (Wildman–Crippen MR) is 60.5 cm³/mol. The summed E-state index contributed by atoms with van der Waals surface area (Å²) in [6.07, 6.45) is 0.721. The van der Waals surface area contributed by atoms with Crippen LogP contribution in [0.5, 0.6) is 5.75 Å². The normalized spacial score (nSPS) is 10.9. The van der Waals surface area contributed by atoms with Gasteiger partial charge >= 0.3 is 0 Å². The molecule has 0 radical (unpaired) electrons. The molecule has 1 aromatic carbocycles. The van der Waals surface area contributed by atoms with Crippen LogP contribution in [0, 0.1) is 6.92 Å². The van der Waals surface area contributed by atoms with Crippen LogP contribution in [0.25, 0.3) is 11.0 Å². The third kappa shape index (κ3) is 1.34. The summed E-state index contributed by atoms with van der Waals surface area (Å²) < 4.78 is 5.31. The molecular weight excluding hydrogens is 206 g/mol. The van der Waals surface area contributed by atoms with Gasteiger partial charge in [0.05, 0.1) is 5.39 Å². The molecule has 2 aromatic rings. The van der Waals surface area contributed by atoms with Gasteiger partial charge in [0.15, 0.2) is 5.76 Å². The molecule has 0 aliphatic heterocycles. The third-order valence-electron chi connectivity index (χ3n) is 2.76. The van der Waals surface area contributed by atoms with Crippen molar-refractivity contribution in [3.63, 3.8) is 0 Å². The van der Waals surface area contributed by atoms with E-state index in [1.165, 1.54) is 0 Å². The number of carbonyl (C=O) groups is 1. The second kappa shape index (κ2) is 3.56. The Morgan fingerprint density at radius 1 is 1.50 bits per heavy atom. The van der Waals surface area contributed by atoms with Crippen LogP contribution in [0.2, 0.25) is 0 Å². The first-order chi connectivity index (χ1) is 7.56. The van der Waals surface area contributed by atoms with Gasteiger partial charge in [0.2, 0.25) is 0 Å². The maximum atomic E-state index is 11.1. The minimum Gasteiger partial charge on any atom is -0.507 e. The number of phenolic OH excluding ortho intramolecular Hbond substituents is 1. The van der Waals surface area contributed by atoms with Gasteiger partial charge in [-0.25, -0.2) is 0 Å². The molecule has 0 saturated carbocycles. The summed E-state index contributed by atoms with van der Waals surface area (Å²) in [5.74, 6) is -0.335. The van der Waals surface area contributed by atoms with E-state index in [1.54, 1.807) is 19.1 Å². The molecule has 1 heterocycles. The molecule has 16 heavy (non-hydrogen) atoms. The number of hydrogen-bond donors (Lipinski definition) is 2. The van der Waals surface area contributed by atoms with E-state index >= 15 is 0 Å². The van der Waals surface area contributed by atoms with E-state index in [0.29, 0.717) is 16.5 Å². The first-order valence-corrected chi connectivity index (χ1v) is 5.10. The Balaban J connectivity index is 2.83. The van der Waals surface area contributed by atoms with Crippen molar-refractivity contribution in [2.75, 3.05) is 0 Å². The summed E-state index contributed by atoms with van der Waals surface area (Å²) in [5, 5.41) is 10.6. The Morgan fingerprint density at radius 3 is 2.75 bits per heavy atom. The van der Waals surface area contributed by atoms with E-state index in [4.69, 9.17) is 10.2 Å². The van der Waals surface area contributed by atoms with Crippen molar-refractivity contribution in [3.8, 4) is 5.75 Å².